The second kappa shape index (κ2) is 36.2. The topological polar surface area (TPSA) is 20.2 Å². The fourth-order valence-electron chi connectivity index (χ4n) is 6.57. The molecular weight excluding hydrogens is 496 g/mol. The van der Waals surface area contributed by atoms with Gasteiger partial charge in [0.15, 0.2) is 0 Å². The summed E-state index contributed by atoms with van der Waals surface area (Å²) in [5.41, 5.74) is 0. The fourth-order valence-corrected chi connectivity index (χ4v) is 6.57. The molecule has 0 saturated heterocycles. The van der Waals surface area contributed by atoms with Crippen LogP contribution in [0.5, 0.6) is 0 Å². The van der Waals surface area contributed by atoms with Crippen molar-refractivity contribution in [2.75, 3.05) is 0 Å². The Bertz CT molecular complexity index is 446. The minimum absolute atomic E-state index is 0.0669. The lowest BCUT2D eigenvalue weighted by atomic mass is 9.93. The standard InChI is InChI=1S/C40H82O/c1-4-6-8-10-12-14-16-18-20-21-22-23-24-26-28-30-32-34-36-38-40(41)39(3)37-35-33-31-29-27-25-19-17-15-13-11-9-7-5-2/h39-41H,4-38H2,1-3H3. The highest BCUT2D eigenvalue weighted by atomic mass is 16.3. The molecule has 0 spiro atoms. The van der Waals surface area contributed by atoms with E-state index in [1.54, 1.807) is 0 Å². The van der Waals surface area contributed by atoms with E-state index in [9.17, 15) is 5.11 Å². The van der Waals surface area contributed by atoms with Gasteiger partial charge in [-0.3, -0.25) is 0 Å². The number of rotatable bonds is 36. The molecule has 2 atom stereocenters. The van der Waals surface area contributed by atoms with Crippen LogP contribution in [0, 0.1) is 5.92 Å². The van der Waals surface area contributed by atoms with Gasteiger partial charge in [0.25, 0.3) is 0 Å². The van der Waals surface area contributed by atoms with E-state index in [2.05, 4.69) is 20.8 Å². The number of unbranched alkanes of at least 4 members (excludes halogenated alkanes) is 31. The molecule has 41 heavy (non-hydrogen) atoms. The maximum Gasteiger partial charge on any atom is 0.0565 e. The first-order valence-corrected chi connectivity index (χ1v) is 19.9. The van der Waals surface area contributed by atoms with Gasteiger partial charge < -0.3 is 5.11 Å². The lowest BCUT2D eigenvalue weighted by Crippen LogP contribution is -2.17. The van der Waals surface area contributed by atoms with Gasteiger partial charge in [0.05, 0.1) is 6.10 Å². The molecule has 1 N–H and O–H groups in total. The molecule has 0 aromatic rings. The van der Waals surface area contributed by atoms with Gasteiger partial charge in [-0.1, -0.05) is 233 Å². The Morgan fingerprint density at radius 1 is 0.293 bits per heavy atom. The summed E-state index contributed by atoms with van der Waals surface area (Å²) in [6.07, 6.45) is 49.2. The average Bonchev–Trinajstić information content (AvgIpc) is 2.98. The van der Waals surface area contributed by atoms with Gasteiger partial charge in [-0.15, -0.1) is 0 Å². The molecule has 0 radical (unpaired) electrons. The van der Waals surface area contributed by atoms with Crippen LogP contribution in [0.15, 0.2) is 0 Å². The monoisotopic (exact) mass is 579 g/mol. The number of aliphatic hydroxyl groups excluding tert-OH is 1. The van der Waals surface area contributed by atoms with E-state index in [0.29, 0.717) is 5.92 Å². The maximum atomic E-state index is 10.6. The summed E-state index contributed by atoms with van der Waals surface area (Å²) < 4.78 is 0. The van der Waals surface area contributed by atoms with Gasteiger partial charge in [0, 0.05) is 0 Å². The first kappa shape index (κ1) is 41.0. The van der Waals surface area contributed by atoms with Gasteiger partial charge in [-0.2, -0.15) is 0 Å². The van der Waals surface area contributed by atoms with Crippen LogP contribution in [0.4, 0.5) is 0 Å². The molecule has 0 aromatic carbocycles. The van der Waals surface area contributed by atoms with Crippen molar-refractivity contribution < 1.29 is 5.11 Å². The molecule has 0 rings (SSSR count). The summed E-state index contributed by atoms with van der Waals surface area (Å²) in [5, 5.41) is 10.6. The summed E-state index contributed by atoms with van der Waals surface area (Å²) >= 11 is 0. The SMILES string of the molecule is CCCCCCCCCCCCCCCCCCCCCC(O)C(C)CCCCCCCCCCCCCCCC. The molecule has 0 aliphatic heterocycles. The van der Waals surface area contributed by atoms with Crippen LogP contribution in [0.3, 0.4) is 0 Å². The summed E-state index contributed by atoms with van der Waals surface area (Å²) in [7, 11) is 0. The van der Waals surface area contributed by atoms with Crippen LogP contribution < -0.4 is 0 Å². The minimum atomic E-state index is -0.0669. The van der Waals surface area contributed by atoms with Crippen LogP contribution in [0.2, 0.25) is 0 Å². The second-order valence-electron chi connectivity index (χ2n) is 14.1. The van der Waals surface area contributed by atoms with Crippen LogP contribution in [-0.4, -0.2) is 11.2 Å². The van der Waals surface area contributed by atoms with Crippen molar-refractivity contribution in [2.24, 2.45) is 5.92 Å². The molecule has 0 fully saturated rings. The molecule has 1 nitrogen and oxygen atoms in total. The molecule has 1 heteroatoms. The Morgan fingerprint density at radius 3 is 0.732 bits per heavy atom. The highest BCUT2D eigenvalue weighted by Crippen LogP contribution is 2.20. The van der Waals surface area contributed by atoms with E-state index in [1.807, 2.05) is 0 Å². The Kier molecular flexibility index (Phi) is 36.1. The highest BCUT2D eigenvalue weighted by Gasteiger charge is 2.13. The Labute approximate surface area is 262 Å². The number of hydrogen-bond acceptors (Lipinski definition) is 1. The van der Waals surface area contributed by atoms with Crippen LogP contribution in [-0.2, 0) is 0 Å². The van der Waals surface area contributed by atoms with Crippen molar-refractivity contribution in [1.29, 1.82) is 0 Å². The molecule has 0 saturated carbocycles. The summed E-state index contributed by atoms with van der Waals surface area (Å²) in [6.45, 7) is 6.88. The molecule has 248 valence electrons. The normalized spacial score (nSPS) is 13.2. The lowest BCUT2D eigenvalue weighted by molar-refractivity contribution is 0.0985. The zero-order valence-corrected chi connectivity index (χ0v) is 29.4. The van der Waals surface area contributed by atoms with Crippen LogP contribution >= 0.6 is 0 Å². The first-order valence-electron chi connectivity index (χ1n) is 19.9. The largest absolute Gasteiger partial charge is 0.393 e. The van der Waals surface area contributed by atoms with Crippen LogP contribution in [0.25, 0.3) is 0 Å². The van der Waals surface area contributed by atoms with E-state index in [0.717, 1.165) is 6.42 Å². The van der Waals surface area contributed by atoms with E-state index in [1.165, 1.54) is 218 Å². The Morgan fingerprint density at radius 2 is 0.488 bits per heavy atom. The van der Waals surface area contributed by atoms with E-state index >= 15 is 0 Å². The third-order valence-electron chi connectivity index (χ3n) is 9.77. The van der Waals surface area contributed by atoms with Gasteiger partial charge in [0.2, 0.25) is 0 Å². The molecular formula is C40H82O. The quantitative estimate of drug-likeness (QED) is 0.0733. The first-order chi connectivity index (χ1) is 20.2. The fraction of sp³-hybridized carbons (Fsp3) is 1.00. The molecule has 0 heterocycles. The average molecular weight is 579 g/mol. The predicted octanol–water partition coefficient (Wildman–Crippen LogP) is 14.7. The van der Waals surface area contributed by atoms with E-state index < -0.39 is 0 Å². The zero-order valence-electron chi connectivity index (χ0n) is 29.4. The number of hydrogen-bond donors (Lipinski definition) is 1. The van der Waals surface area contributed by atoms with Gasteiger partial charge in [0.1, 0.15) is 0 Å². The predicted molar refractivity (Wildman–Crippen MR) is 188 cm³/mol. The number of aliphatic hydroxyl groups is 1. The zero-order chi connectivity index (χ0) is 29.9. The van der Waals surface area contributed by atoms with Crippen LogP contribution in [0.1, 0.15) is 245 Å². The molecule has 0 aliphatic rings. The Balaban J connectivity index is 3.25. The van der Waals surface area contributed by atoms with Crippen molar-refractivity contribution in [3.63, 3.8) is 0 Å². The lowest BCUT2D eigenvalue weighted by Gasteiger charge is -2.18. The molecule has 0 aromatic heterocycles. The van der Waals surface area contributed by atoms with Gasteiger partial charge in [-0.25, -0.2) is 0 Å². The van der Waals surface area contributed by atoms with Crippen molar-refractivity contribution >= 4 is 0 Å². The molecule has 0 bridgehead atoms. The van der Waals surface area contributed by atoms with Crippen molar-refractivity contribution in [1.82, 2.24) is 0 Å². The molecule has 0 amide bonds. The Hall–Kier alpha value is -0.0400. The van der Waals surface area contributed by atoms with Crippen molar-refractivity contribution in [3.05, 3.63) is 0 Å². The van der Waals surface area contributed by atoms with Crippen molar-refractivity contribution in [3.8, 4) is 0 Å². The summed E-state index contributed by atoms with van der Waals surface area (Å²) in [4.78, 5) is 0. The van der Waals surface area contributed by atoms with Crippen molar-refractivity contribution in [2.45, 2.75) is 252 Å². The third kappa shape index (κ3) is 34.3. The van der Waals surface area contributed by atoms with Gasteiger partial charge >= 0.3 is 0 Å². The summed E-state index contributed by atoms with van der Waals surface area (Å²) in [5.74, 6) is 0.489. The van der Waals surface area contributed by atoms with E-state index in [-0.39, 0.29) is 6.10 Å². The highest BCUT2D eigenvalue weighted by molar-refractivity contribution is 4.65. The van der Waals surface area contributed by atoms with E-state index in [4.69, 9.17) is 0 Å². The van der Waals surface area contributed by atoms with Gasteiger partial charge in [-0.05, 0) is 18.8 Å². The molecule has 0 aliphatic carbocycles. The smallest absolute Gasteiger partial charge is 0.0565 e. The second-order valence-corrected chi connectivity index (χ2v) is 14.1. The minimum Gasteiger partial charge on any atom is -0.393 e. The molecule has 2 unspecified atom stereocenters. The summed E-state index contributed by atoms with van der Waals surface area (Å²) in [6, 6.07) is 0. The maximum absolute atomic E-state index is 10.6. The third-order valence-corrected chi connectivity index (χ3v) is 9.77.